The monoisotopic (exact) mass is 496 g/mol. The zero-order valence-corrected chi connectivity index (χ0v) is 21.6. The number of hydrogen-bond donors (Lipinski definition) is 3. The van der Waals surface area contributed by atoms with Gasteiger partial charge in [-0.2, -0.15) is 0 Å². The number of benzene rings is 2. The molecule has 3 N–H and O–H groups in total. The number of anilines is 2. The van der Waals surface area contributed by atoms with Crippen LogP contribution >= 0.6 is 0 Å². The Balaban J connectivity index is 0. The molecular weight excluding hydrogens is 460 g/mol. The molecule has 0 spiro atoms. The third-order valence-corrected chi connectivity index (χ3v) is 5.06. The molecule has 0 atom stereocenters. The number of hydrogen-bond acceptors (Lipinski definition) is 3. The van der Waals surface area contributed by atoms with Crippen LogP contribution in [0.3, 0.4) is 0 Å². The molecule has 30 heavy (non-hydrogen) atoms. The molecule has 0 aromatic heterocycles. The van der Waals surface area contributed by atoms with Crippen molar-refractivity contribution in [3.63, 3.8) is 0 Å². The Morgan fingerprint density at radius 1 is 0.633 bits per heavy atom. The quantitative estimate of drug-likeness (QED) is 0.394. The molecule has 2 aromatic rings. The first-order valence-corrected chi connectivity index (χ1v) is 10.3. The van der Waals surface area contributed by atoms with Gasteiger partial charge in [-0.1, -0.05) is 64.1 Å². The van der Waals surface area contributed by atoms with Crippen LogP contribution in [-0.2, 0) is 16.8 Å². The van der Waals surface area contributed by atoms with Crippen molar-refractivity contribution in [2.45, 2.75) is 53.4 Å². The standard InChI is InChI=1S/C24H37N3.2ClH.Co/c1-17(2)21-11-8-12-22(18(3)4)24(21)27-16-14-25-13-15-26-23-19(5)9-7-10-20(23)6;;;/h7-12,17-18,25-27H,13-16H2,1-6H3;2*1H;/q;;;+2/p-2. The molecule has 0 amide bonds. The van der Waals surface area contributed by atoms with E-state index in [1.807, 2.05) is 0 Å². The van der Waals surface area contributed by atoms with Crippen molar-refractivity contribution < 1.29 is 41.6 Å². The van der Waals surface area contributed by atoms with Crippen LogP contribution in [0.5, 0.6) is 0 Å². The molecule has 2 rings (SSSR count). The Kier molecular flexibility index (Phi) is 16.5. The molecule has 0 aliphatic carbocycles. The summed E-state index contributed by atoms with van der Waals surface area (Å²) in [7, 11) is 0. The Morgan fingerprint density at radius 2 is 1.03 bits per heavy atom. The summed E-state index contributed by atoms with van der Waals surface area (Å²) in [6, 6.07) is 13.1. The summed E-state index contributed by atoms with van der Waals surface area (Å²) in [4.78, 5) is 0. The van der Waals surface area contributed by atoms with Gasteiger partial charge in [-0.25, -0.2) is 0 Å². The number of rotatable bonds is 10. The minimum absolute atomic E-state index is 0. The molecule has 0 saturated heterocycles. The summed E-state index contributed by atoms with van der Waals surface area (Å²) in [6.07, 6.45) is 0. The fraction of sp³-hybridized carbons (Fsp3) is 0.500. The van der Waals surface area contributed by atoms with Gasteiger partial charge in [0.2, 0.25) is 0 Å². The Hall–Kier alpha value is -0.914. The Labute approximate surface area is 206 Å². The molecule has 0 saturated carbocycles. The van der Waals surface area contributed by atoms with Gasteiger partial charge in [-0.3, -0.25) is 0 Å². The zero-order chi connectivity index (χ0) is 19.8. The second-order valence-corrected chi connectivity index (χ2v) is 7.99. The summed E-state index contributed by atoms with van der Waals surface area (Å²) < 4.78 is 0. The maximum absolute atomic E-state index is 3.69. The van der Waals surface area contributed by atoms with Crippen molar-refractivity contribution in [3.8, 4) is 0 Å². The average molecular weight is 497 g/mol. The summed E-state index contributed by atoms with van der Waals surface area (Å²) in [5.74, 6) is 1.06. The van der Waals surface area contributed by atoms with E-state index in [-0.39, 0.29) is 41.6 Å². The van der Waals surface area contributed by atoms with E-state index in [1.54, 1.807) is 0 Å². The van der Waals surface area contributed by atoms with E-state index < -0.39 is 0 Å². The van der Waals surface area contributed by atoms with Gasteiger partial charge in [0.25, 0.3) is 0 Å². The van der Waals surface area contributed by atoms with Crippen molar-refractivity contribution in [3.05, 3.63) is 58.7 Å². The molecule has 1 radical (unpaired) electrons. The second kappa shape index (κ2) is 15.8. The van der Waals surface area contributed by atoms with E-state index in [1.165, 1.54) is 33.6 Å². The van der Waals surface area contributed by atoms with Gasteiger partial charge in [-0.05, 0) is 47.9 Å². The Bertz CT molecular complexity index is 690. The summed E-state index contributed by atoms with van der Waals surface area (Å²) in [5, 5.41) is 10.8. The van der Waals surface area contributed by atoms with Crippen LogP contribution in [0.1, 0.15) is 61.8 Å². The van der Waals surface area contributed by atoms with Gasteiger partial charge in [0.15, 0.2) is 0 Å². The predicted molar refractivity (Wildman–Crippen MR) is 120 cm³/mol. The van der Waals surface area contributed by atoms with E-state index >= 15 is 0 Å². The minimum atomic E-state index is 0. The molecule has 0 unspecified atom stereocenters. The van der Waals surface area contributed by atoms with E-state index in [0.29, 0.717) is 11.8 Å². The number of nitrogens with one attached hydrogen (secondary N) is 3. The van der Waals surface area contributed by atoms with E-state index in [9.17, 15) is 0 Å². The molecule has 171 valence electrons. The number of halogens is 2. The third kappa shape index (κ3) is 9.07. The molecule has 6 heteroatoms. The predicted octanol–water partition coefficient (Wildman–Crippen LogP) is -0.331. The molecule has 2 aromatic carbocycles. The summed E-state index contributed by atoms with van der Waals surface area (Å²) >= 11 is 0. The topological polar surface area (TPSA) is 36.1 Å². The van der Waals surface area contributed by atoms with E-state index in [4.69, 9.17) is 0 Å². The van der Waals surface area contributed by atoms with Crippen LogP contribution in [0.4, 0.5) is 11.4 Å². The number of aryl methyl sites for hydroxylation is 2. The van der Waals surface area contributed by atoms with Crippen molar-refractivity contribution in [1.29, 1.82) is 0 Å². The fourth-order valence-electron chi connectivity index (χ4n) is 3.53. The van der Waals surface area contributed by atoms with Gasteiger partial charge in [0.05, 0.1) is 0 Å². The SMILES string of the molecule is Cc1cccc(C)c1NCCNCCNc1c(C(C)C)cccc1C(C)C.[Cl-].[Cl-].[Co+2]. The second-order valence-electron chi connectivity index (χ2n) is 7.99. The summed E-state index contributed by atoms with van der Waals surface area (Å²) in [5.41, 5.74) is 8.05. The first kappa shape index (κ1) is 31.3. The smallest absolute Gasteiger partial charge is 1.00 e. The average Bonchev–Trinajstić information content (AvgIpc) is 2.62. The van der Waals surface area contributed by atoms with Crippen molar-refractivity contribution in [2.75, 3.05) is 36.8 Å². The van der Waals surface area contributed by atoms with Crippen molar-refractivity contribution in [2.24, 2.45) is 0 Å². The molecule has 0 aliphatic rings. The van der Waals surface area contributed by atoms with Gasteiger partial charge in [-0.15, -0.1) is 0 Å². The van der Waals surface area contributed by atoms with E-state index in [2.05, 4.69) is 93.9 Å². The first-order valence-electron chi connectivity index (χ1n) is 10.3. The molecule has 0 heterocycles. The minimum Gasteiger partial charge on any atom is -1.00 e. The zero-order valence-electron chi connectivity index (χ0n) is 19.0. The van der Waals surface area contributed by atoms with Crippen LogP contribution in [0.2, 0.25) is 0 Å². The number of para-hydroxylation sites is 2. The van der Waals surface area contributed by atoms with E-state index in [0.717, 1.165) is 26.2 Å². The summed E-state index contributed by atoms with van der Waals surface area (Å²) in [6.45, 7) is 17.2. The van der Waals surface area contributed by atoms with Crippen LogP contribution < -0.4 is 40.8 Å². The van der Waals surface area contributed by atoms with Gasteiger partial charge in [0.1, 0.15) is 0 Å². The van der Waals surface area contributed by atoms with Crippen LogP contribution in [0.25, 0.3) is 0 Å². The van der Waals surface area contributed by atoms with Crippen molar-refractivity contribution >= 4 is 11.4 Å². The molecule has 0 aliphatic heterocycles. The van der Waals surface area contributed by atoms with Gasteiger partial charge < -0.3 is 40.8 Å². The first-order chi connectivity index (χ1) is 12.9. The normalized spacial score (nSPS) is 10.1. The molecule has 0 fully saturated rings. The van der Waals surface area contributed by atoms with Crippen LogP contribution in [-0.4, -0.2) is 26.2 Å². The maximum atomic E-state index is 3.69. The largest absolute Gasteiger partial charge is 2.00 e. The fourth-order valence-corrected chi connectivity index (χ4v) is 3.53. The third-order valence-electron chi connectivity index (χ3n) is 5.06. The van der Waals surface area contributed by atoms with Gasteiger partial charge in [0, 0.05) is 37.6 Å². The van der Waals surface area contributed by atoms with Crippen LogP contribution in [0.15, 0.2) is 36.4 Å². The molecule has 3 nitrogen and oxygen atoms in total. The Morgan fingerprint density at radius 3 is 1.47 bits per heavy atom. The van der Waals surface area contributed by atoms with Crippen LogP contribution in [0, 0.1) is 13.8 Å². The van der Waals surface area contributed by atoms with Crippen molar-refractivity contribution in [1.82, 2.24) is 5.32 Å². The maximum Gasteiger partial charge on any atom is 2.00 e. The van der Waals surface area contributed by atoms with Gasteiger partial charge >= 0.3 is 16.8 Å². The molecule has 0 bridgehead atoms. The molecular formula is C24H37Cl2CoN3.